The molecular weight excluding hydrogens is 420 g/mol. The molecule has 0 bridgehead atoms. The summed E-state index contributed by atoms with van der Waals surface area (Å²) in [6, 6.07) is 0. The molecule has 0 atom stereocenters. The highest BCUT2D eigenvalue weighted by Crippen LogP contribution is 2.23. The van der Waals surface area contributed by atoms with Gasteiger partial charge in [0.15, 0.2) is 0 Å². The zero-order valence-corrected chi connectivity index (χ0v) is 29.9. The Morgan fingerprint density at radius 1 is 0.457 bits per heavy atom. The van der Waals surface area contributed by atoms with E-state index in [-0.39, 0.29) is 0 Å². The Kier molecular flexibility index (Phi) is 44.0. The van der Waals surface area contributed by atoms with Gasteiger partial charge in [0, 0.05) is 0 Å². The molecule has 0 heterocycles. The Balaban J connectivity index is -0.0000000728. The average molecular weight is 503 g/mol. The van der Waals surface area contributed by atoms with Crippen molar-refractivity contribution in [1.82, 2.24) is 0 Å². The van der Waals surface area contributed by atoms with Crippen LogP contribution < -0.4 is 0 Å². The topological polar surface area (TPSA) is 0 Å². The van der Waals surface area contributed by atoms with Gasteiger partial charge in [0.05, 0.1) is 0 Å². The van der Waals surface area contributed by atoms with Crippen LogP contribution in [0.2, 0.25) is 0 Å². The first-order valence-electron chi connectivity index (χ1n) is 15.5. The summed E-state index contributed by atoms with van der Waals surface area (Å²) >= 11 is 0. The van der Waals surface area contributed by atoms with Crippen LogP contribution in [0.15, 0.2) is 0 Å². The van der Waals surface area contributed by atoms with Crippen LogP contribution in [0, 0.1) is 52.8 Å². The van der Waals surface area contributed by atoms with Gasteiger partial charge in [0.2, 0.25) is 0 Å². The van der Waals surface area contributed by atoms with Crippen LogP contribution in [0.25, 0.3) is 0 Å². The molecule has 0 aliphatic heterocycles. The first kappa shape index (κ1) is 48.1. The van der Waals surface area contributed by atoms with Crippen LogP contribution in [0.4, 0.5) is 0 Å². The summed E-state index contributed by atoms with van der Waals surface area (Å²) in [4.78, 5) is 0. The van der Waals surface area contributed by atoms with Gasteiger partial charge in [-0.2, -0.15) is 0 Å². The van der Waals surface area contributed by atoms with Gasteiger partial charge in [-0.05, 0) is 59.2 Å². The molecule has 0 aromatic rings. The highest BCUT2D eigenvalue weighted by molar-refractivity contribution is 4.64. The van der Waals surface area contributed by atoms with Crippen LogP contribution in [0.3, 0.4) is 0 Å². The number of hydrogen-bond acceptors (Lipinski definition) is 0. The average Bonchev–Trinajstić information content (AvgIpc) is 2.61. The predicted octanol–water partition coefficient (Wildman–Crippen LogP) is 13.8. The van der Waals surface area contributed by atoms with E-state index in [1.165, 1.54) is 25.7 Å². The summed E-state index contributed by atoms with van der Waals surface area (Å²) in [5.41, 5.74) is 0.500. The van der Waals surface area contributed by atoms with E-state index >= 15 is 0 Å². The van der Waals surface area contributed by atoms with E-state index in [0.29, 0.717) is 5.41 Å². The molecular formula is C35H82. The summed E-state index contributed by atoms with van der Waals surface area (Å²) < 4.78 is 0. The minimum absolute atomic E-state index is 0.500. The largest absolute Gasteiger partial charge is 0.0654 e. The van der Waals surface area contributed by atoms with E-state index in [4.69, 9.17) is 0 Å². The monoisotopic (exact) mass is 503 g/mol. The van der Waals surface area contributed by atoms with Crippen LogP contribution in [-0.4, -0.2) is 0 Å². The second-order valence-electron chi connectivity index (χ2n) is 14.7. The Morgan fingerprint density at radius 2 is 0.686 bits per heavy atom. The molecule has 0 aliphatic carbocycles. The van der Waals surface area contributed by atoms with Gasteiger partial charge in [0.1, 0.15) is 0 Å². The third-order valence-corrected chi connectivity index (χ3v) is 5.69. The van der Waals surface area contributed by atoms with Gasteiger partial charge >= 0.3 is 0 Å². The molecule has 222 valence electrons. The molecule has 0 aromatic carbocycles. The maximum absolute atomic E-state index is 2.26. The quantitative estimate of drug-likeness (QED) is 0.338. The molecule has 0 saturated carbocycles. The fraction of sp³-hybridized carbons (Fsp3) is 1.00. The van der Waals surface area contributed by atoms with Crippen molar-refractivity contribution in [3.8, 4) is 0 Å². The number of rotatable bonds is 6. The SMILES string of the molecule is CC(C)C.CC(C)C(C)(C)C.CC(C)C(C)C.CC(C)CC(C)C.CCC(C)C.CCCC(C)C. The zero-order chi connectivity index (χ0) is 29.9. The van der Waals surface area contributed by atoms with E-state index in [9.17, 15) is 0 Å². The van der Waals surface area contributed by atoms with Gasteiger partial charge in [-0.15, -0.1) is 0 Å². The highest BCUT2D eigenvalue weighted by Gasteiger charge is 2.13. The minimum Gasteiger partial charge on any atom is -0.0654 e. The molecule has 0 fully saturated rings. The summed E-state index contributed by atoms with van der Waals surface area (Å²) in [5, 5.41) is 0. The Morgan fingerprint density at radius 3 is 0.686 bits per heavy atom. The summed E-state index contributed by atoms with van der Waals surface area (Å²) in [6.45, 7) is 49.2. The van der Waals surface area contributed by atoms with E-state index in [1.807, 2.05) is 0 Å². The first-order chi connectivity index (χ1) is 15.5. The predicted molar refractivity (Wildman–Crippen MR) is 174 cm³/mol. The second kappa shape index (κ2) is 32.0. The van der Waals surface area contributed by atoms with Crippen molar-refractivity contribution in [3.63, 3.8) is 0 Å². The lowest BCUT2D eigenvalue weighted by Crippen LogP contribution is -2.12. The van der Waals surface area contributed by atoms with Gasteiger partial charge in [-0.1, -0.05) is 172 Å². The Hall–Kier alpha value is 0. The van der Waals surface area contributed by atoms with Crippen LogP contribution in [-0.2, 0) is 0 Å². The highest BCUT2D eigenvalue weighted by atomic mass is 14.2. The van der Waals surface area contributed by atoms with Gasteiger partial charge in [-0.3, -0.25) is 0 Å². The molecule has 0 heteroatoms. The fourth-order valence-corrected chi connectivity index (χ4v) is 1.52. The lowest BCUT2D eigenvalue weighted by molar-refractivity contribution is 0.283. The summed E-state index contributed by atoms with van der Waals surface area (Å²) in [7, 11) is 0. The van der Waals surface area contributed by atoms with Gasteiger partial charge in [-0.25, -0.2) is 0 Å². The molecule has 0 aliphatic rings. The molecule has 0 amide bonds. The van der Waals surface area contributed by atoms with E-state index < -0.39 is 0 Å². The zero-order valence-electron chi connectivity index (χ0n) is 29.9. The van der Waals surface area contributed by atoms with Crippen LogP contribution in [0.1, 0.15) is 178 Å². The maximum atomic E-state index is 2.26. The van der Waals surface area contributed by atoms with Gasteiger partial charge in [0.25, 0.3) is 0 Å². The molecule has 35 heavy (non-hydrogen) atoms. The number of hydrogen-bond donors (Lipinski definition) is 0. The molecule has 0 rings (SSSR count). The lowest BCUT2D eigenvalue weighted by Gasteiger charge is -2.22. The maximum Gasteiger partial charge on any atom is -0.0360 e. The second-order valence-corrected chi connectivity index (χ2v) is 14.7. The third kappa shape index (κ3) is 96.4. The molecule has 0 N–H and O–H groups in total. The van der Waals surface area contributed by atoms with Crippen molar-refractivity contribution in [3.05, 3.63) is 0 Å². The standard InChI is InChI=1S/2C7H16.2C6H14.C5H12.C4H10/c1-6(2)7(3,4)5;1-6(2)5-7(3)4;1-5(2)6(3)4;1-4-5-6(2)3;1-4-5(2)3;1-4(2)3/h6H,1-5H3;6-7H,5H2,1-4H3;5-6H,1-4H3;6H,4-5H2,1-3H3;5H,4H2,1-3H3;4H,1-3H3. The molecule has 0 radical (unpaired) electrons. The normalized spacial score (nSPS) is 10.8. The van der Waals surface area contributed by atoms with Crippen molar-refractivity contribution in [2.45, 2.75) is 178 Å². The molecule has 0 saturated heterocycles. The third-order valence-electron chi connectivity index (χ3n) is 5.69. The Labute approximate surface area is 230 Å². The van der Waals surface area contributed by atoms with Crippen molar-refractivity contribution < 1.29 is 0 Å². The Bertz CT molecular complexity index is 306. The van der Waals surface area contributed by atoms with Crippen molar-refractivity contribution in [1.29, 1.82) is 0 Å². The van der Waals surface area contributed by atoms with Crippen molar-refractivity contribution >= 4 is 0 Å². The minimum atomic E-state index is 0.500. The van der Waals surface area contributed by atoms with E-state index in [0.717, 1.165) is 47.3 Å². The molecule has 0 spiro atoms. The summed E-state index contributed by atoms with van der Waals surface area (Å²) in [6.07, 6.45) is 5.37. The van der Waals surface area contributed by atoms with Crippen molar-refractivity contribution in [2.75, 3.05) is 0 Å². The molecule has 0 nitrogen and oxygen atoms in total. The molecule has 0 aromatic heterocycles. The van der Waals surface area contributed by atoms with Crippen molar-refractivity contribution in [2.24, 2.45) is 52.8 Å². The fourth-order valence-electron chi connectivity index (χ4n) is 1.52. The van der Waals surface area contributed by atoms with E-state index in [1.54, 1.807) is 0 Å². The smallest absolute Gasteiger partial charge is 0.0360 e. The van der Waals surface area contributed by atoms with Gasteiger partial charge < -0.3 is 0 Å². The van der Waals surface area contributed by atoms with Crippen LogP contribution in [0.5, 0.6) is 0 Å². The lowest BCUT2D eigenvalue weighted by atomic mass is 9.84. The van der Waals surface area contributed by atoms with Crippen LogP contribution >= 0.6 is 0 Å². The first-order valence-corrected chi connectivity index (χ1v) is 15.5. The molecule has 0 unspecified atom stereocenters. The summed E-state index contributed by atoms with van der Waals surface area (Å²) in [5.74, 6) is 6.87. The van der Waals surface area contributed by atoms with E-state index in [2.05, 4.69) is 152 Å².